The van der Waals surface area contributed by atoms with Crippen LogP contribution in [0.25, 0.3) is 0 Å². The number of aromatic nitrogens is 1. The van der Waals surface area contributed by atoms with Crippen LogP contribution in [0.5, 0.6) is 0 Å². The van der Waals surface area contributed by atoms with Gasteiger partial charge in [0, 0.05) is 14.8 Å². The van der Waals surface area contributed by atoms with Gasteiger partial charge in [-0.2, -0.15) is 0 Å². The number of nitrogens with two attached hydrogens (primary N) is 1. The number of aryl methyl sites for hydroxylation is 1. The van der Waals surface area contributed by atoms with Crippen molar-refractivity contribution in [2.24, 2.45) is 0 Å². The second kappa shape index (κ2) is 6.69. The zero-order valence-electron chi connectivity index (χ0n) is 11.2. The smallest absolute Gasteiger partial charge is 0.255 e. The van der Waals surface area contributed by atoms with E-state index < -0.39 is 0 Å². The van der Waals surface area contributed by atoms with E-state index in [4.69, 9.17) is 5.73 Å². The number of carbonyl (C=O) groups is 1. The summed E-state index contributed by atoms with van der Waals surface area (Å²) >= 11 is 2.19. The van der Waals surface area contributed by atoms with E-state index in [1.165, 1.54) is 0 Å². The highest BCUT2D eigenvalue weighted by Crippen LogP contribution is 2.18. The highest BCUT2D eigenvalue weighted by atomic mass is 127. The number of carbonyl (C=O) groups excluding carboxylic acids is 1. The van der Waals surface area contributed by atoms with Crippen LogP contribution in [0.1, 0.15) is 29.4 Å². The SMILES string of the molecule is CCCc1cc(C(=O)Nc2ccccc2I)cc(N)n1. The molecule has 0 aliphatic rings. The Balaban J connectivity index is 2.23. The topological polar surface area (TPSA) is 68.0 Å². The van der Waals surface area contributed by atoms with Crippen molar-refractivity contribution in [3.63, 3.8) is 0 Å². The van der Waals surface area contributed by atoms with Gasteiger partial charge in [-0.1, -0.05) is 25.5 Å². The van der Waals surface area contributed by atoms with Gasteiger partial charge in [-0.15, -0.1) is 0 Å². The van der Waals surface area contributed by atoms with Crippen LogP contribution in [0, 0.1) is 3.57 Å². The monoisotopic (exact) mass is 381 g/mol. The van der Waals surface area contributed by atoms with Gasteiger partial charge in [0.05, 0.1) is 5.69 Å². The number of nitrogens with zero attached hydrogens (tertiary/aromatic N) is 1. The van der Waals surface area contributed by atoms with Gasteiger partial charge in [0.2, 0.25) is 0 Å². The van der Waals surface area contributed by atoms with Gasteiger partial charge in [-0.25, -0.2) is 4.98 Å². The van der Waals surface area contributed by atoms with Crippen molar-refractivity contribution >= 4 is 40.0 Å². The maximum Gasteiger partial charge on any atom is 0.255 e. The second-order valence-corrected chi connectivity index (χ2v) is 5.62. The van der Waals surface area contributed by atoms with Gasteiger partial charge in [0.15, 0.2) is 0 Å². The first kappa shape index (κ1) is 14.8. The Bertz CT molecular complexity index is 628. The van der Waals surface area contributed by atoms with E-state index in [9.17, 15) is 4.79 Å². The van der Waals surface area contributed by atoms with Crippen molar-refractivity contribution in [1.82, 2.24) is 4.98 Å². The van der Waals surface area contributed by atoms with E-state index in [-0.39, 0.29) is 5.91 Å². The molecule has 1 aromatic heterocycles. The Morgan fingerprint density at radius 2 is 2.10 bits per heavy atom. The minimum Gasteiger partial charge on any atom is -0.384 e. The third kappa shape index (κ3) is 3.69. The molecule has 0 spiro atoms. The van der Waals surface area contributed by atoms with Gasteiger partial charge in [0.25, 0.3) is 5.91 Å². The fraction of sp³-hybridized carbons (Fsp3) is 0.200. The highest BCUT2D eigenvalue weighted by Gasteiger charge is 2.10. The summed E-state index contributed by atoms with van der Waals surface area (Å²) in [7, 11) is 0. The van der Waals surface area contributed by atoms with E-state index >= 15 is 0 Å². The lowest BCUT2D eigenvalue weighted by atomic mass is 10.1. The Kier molecular flexibility index (Phi) is 4.94. The lowest BCUT2D eigenvalue weighted by Gasteiger charge is -2.09. The number of para-hydroxylation sites is 1. The van der Waals surface area contributed by atoms with Gasteiger partial charge in [0.1, 0.15) is 5.82 Å². The molecule has 4 nitrogen and oxygen atoms in total. The molecule has 2 aromatic rings. The molecule has 104 valence electrons. The largest absolute Gasteiger partial charge is 0.384 e. The van der Waals surface area contributed by atoms with Crippen LogP contribution in [-0.2, 0) is 6.42 Å². The maximum absolute atomic E-state index is 12.3. The first-order chi connectivity index (χ1) is 9.60. The summed E-state index contributed by atoms with van der Waals surface area (Å²) in [6.07, 6.45) is 1.78. The second-order valence-electron chi connectivity index (χ2n) is 4.46. The van der Waals surface area contributed by atoms with Crippen molar-refractivity contribution < 1.29 is 4.79 Å². The number of nitrogens with one attached hydrogen (secondary N) is 1. The van der Waals surface area contributed by atoms with Crippen LogP contribution in [-0.4, -0.2) is 10.9 Å². The molecule has 0 radical (unpaired) electrons. The number of pyridine rings is 1. The van der Waals surface area contributed by atoms with E-state index in [2.05, 4.69) is 39.8 Å². The fourth-order valence-corrected chi connectivity index (χ4v) is 2.41. The Morgan fingerprint density at radius 3 is 2.80 bits per heavy atom. The van der Waals surface area contributed by atoms with E-state index in [0.29, 0.717) is 11.4 Å². The number of amides is 1. The molecule has 1 amide bonds. The Labute approximate surface area is 131 Å². The molecule has 0 atom stereocenters. The Hall–Kier alpha value is -1.63. The molecule has 0 saturated heterocycles. The summed E-state index contributed by atoms with van der Waals surface area (Å²) in [5.74, 6) is 0.212. The number of anilines is 2. The minimum atomic E-state index is -0.166. The zero-order valence-corrected chi connectivity index (χ0v) is 13.3. The maximum atomic E-state index is 12.3. The van der Waals surface area contributed by atoms with Crippen molar-refractivity contribution in [3.05, 3.63) is 51.2 Å². The van der Waals surface area contributed by atoms with Crippen LogP contribution in [0.2, 0.25) is 0 Å². The average molecular weight is 381 g/mol. The molecule has 20 heavy (non-hydrogen) atoms. The third-order valence-corrected chi connectivity index (χ3v) is 3.73. The molecule has 0 saturated carbocycles. The molecule has 0 unspecified atom stereocenters. The molecular formula is C15H16IN3O. The first-order valence-electron chi connectivity index (χ1n) is 6.42. The first-order valence-corrected chi connectivity index (χ1v) is 7.50. The fourth-order valence-electron chi connectivity index (χ4n) is 1.88. The molecule has 5 heteroatoms. The Morgan fingerprint density at radius 1 is 1.35 bits per heavy atom. The number of rotatable bonds is 4. The van der Waals surface area contributed by atoms with E-state index in [1.54, 1.807) is 12.1 Å². The van der Waals surface area contributed by atoms with Gasteiger partial charge < -0.3 is 11.1 Å². The lowest BCUT2D eigenvalue weighted by molar-refractivity contribution is 0.102. The lowest BCUT2D eigenvalue weighted by Crippen LogP contribution is -2.14. The number of halogens is 1. The average Bonchev–Trinajstić information content (AvgIpc) is 2.41. The summed E-state index contributed by atoms with van der Waals surface area (Å²) in [6.45, 7) is 2.07. The molecule has 2 rings (SSSR count). The zero-order chi connectivity index (χ0) is 14.5. The van der Waals surface area contributed by atoms with Crippen molar-refractivity contribution in [2.45, 2.75) is 19.8 Å². The summed E-state index contributed by atoms with van der Waals surface area (Å²) in [5.41, 5.74) is 7.94. The molecule has 3 N–H and O–H groups in total. The predicted molar refractivity (Wildman–Crippen MR) is 89.8 cm³/mol. The number of hydrogen-bond acceptors (Lipinski definition) is 3. The standard InChI is InChI=1S/C15H16IN3O/c1-2-5-11-8-10(9-14(17)18-11)15(20)19-13-7-4-3-6-12(13)16/h3-4,6-9H,2,5H2,1H3,(H2,17,18)(H,19,20). The number of hydrogen-bond donors (Lipinski definition) is 2. The van der Waals surface area contributed by atoms with Gasteiger partial charge >= 0.3 is 0 Å². The third-order valence-electron chi connectivity index (χ3n) is 2.79. The predicted octanol–water partition coefficient (Wildman–Crippen LogP) is 3.47. The summed E-state index contributed by atoms with van der Waals surface area (Å²) < 4.78 is 0.995. The highest BCUT2D eigenvalue weighted by molar-refractivity contribution is 14.1. The van der Waals surface area contributed by atoms with Crippen LogP contribution >= 0.6 is 22.6 Å². The van der Waals surface area contributed by atoms with Crippen LogP contribution in [0.3, 0.4) is 0 Å². The van der Waals surface area contributed by atoms with E-state index in [1.807, 2.05) is 24.3 Å². The molecule has 1 heterocycles. The minimum absolute atomic E-state index is 0.166. The summed E-state index contributed by atoms with van der Waals surface area (Å²) in [5, 5.41) is 2.89. The van der Waals surface area contributed by atoms with Gasteiger partial charge in [-0.3, -0.25) is 4.79 Å². The molecule has 1 aromatic carbocycles. The summed E-state index contributed by atoms with van der Waals surface area (Å²) in [6, 6.07) is 11.0. The normalized spacial score (nSPS) is 10.3. The van der Waals surface area contributed by atoms with E-state index in [0.717, 1.165) is 27.8 Å². The quantitative estimate of drug-likeness (QED) is 0.797. The number of benzene rings is 1. The van der Waals surface area contributed by atoms with Crippen molar-refractivity contribution in [3.8, 4) is 0 Å². The summed E-state index contributed by atoms with van der Waals surface area (Å²) in [4.78, 5) is 16.5. The van der Waals surface area contributed by atoms with Crippen molar-refractivity contribution in [2.75, 3.05) is 11.1 Å². The molecular weight excluding hydrogens is 365 g/mol. The van der Waals surface area contributed by atoms with Crippen molar-refractivity contribution in [1.29, 1.82) is 0 Å². The molecule has 0 bridgehead atoms. The molecule has 0 aliphatic heterocycles. The van der Waals surface area contributed by atoms with Crippen LogP contribution in [0.15, 0.2) is 36.4 Å². The van der Waals surface area contributed by atoms with Gasteiger partial charge in [-0.05, 0) is 53.3 Å². The van der Waals surface area contributed by atoms with Crippen LogP contribution in [0.4, 0.5) is 11.5 Å². The number of nitrogen functional groups attached to an aromatic ring is 1. The molecule has 0 fully saturated rings. The molecule has 0 aliphatic carbocycles. The van der Waals surface area contributed by atoms with Crippen LogP contribution < -0.4 is 11.1 Å².